The molecule has 6 rings (SSSR count). The molecule has 9 nitrogen and oxygen atoms in total. The fourth-order valence-corrected chi connectivity index (χ4v) is 5.52. The number of anilines is 2. The number of likely N-dealkylation sites (tertiary alicyclic amines) is 1. The van der Waals surface area contributed by atoms with E-state index < -0.39 is 6.43 Å². The van der Waals surface area contributed by atoms with Gasteiger partial charge in [-0.3, -0.25) is 4.90 Å². The molecule has 4 aliphatic rings. The Labute approximate surface area is 184 Å². The number of rotatable bonds is 4. The summed E-state index contributed by atoms with van der Waals surface area (Å²) in [6.07, 6.45) is 4.74. The molecule has 2 N–H and O–H groups in total. The van der Waals surface area contributed by atoms with Gasteiger partial charge in [0.05, 0.1) is 24.4 Å². The molecule has 0 amide bonds. The summed E-state index contributed by atoms with van der Waals surface area (Å²) in [5.74, 6) is 0.665. The van der Waals surface area contributed by atoms with E-state index in [4.69, 9.17) is 15.2 Å². The minimum atomic E-state index is -2.72. The van der Waals surface area contributed by atoms with Gasteiger partial charge >= 0.3 is 0 Å². The summed E-state index contributed by atoms with van der Waals surface area (Å²) in [6.45, 7) is 2.34. The van der Waals surface area contributed by atoms with Crippen LogP contribution in [0, 0.1) is 0 Å². The molecule has 0 aromatic carbocycles. The summed E-state index contributed by atoms with van der Waals surface area (Å²) < 4.78 is 39.6. The molecule has 2 aromatic rings. The normalized spacial score (nSPS) is 32.1. The lowest BCUT2D eigenvalue weighted by Crippen LogP contribution is -2.63. The van der Waals surface area contributed by atoms with Gasteiger partial charge in [-0.1, -0.05) is 0 Å². The van der Waals surface area contributed by atoms with Gasteiger partial charge in [-0.15, -0.1) is 0 Å². The van der Waals surface area contributed by atoms with Crippen LogP contribution in [0.3, 0.4) is 0 Å². The predicted molar refractivity (Wildman–Crippen MR) is 111 cm³/mol. The number of hydrogen-bond acceptors (Lipinski definition) is 9. The molecule has 11 heteroatoms. The Bertz CT molecular complexity index is 1000. The van der Waals surface area contributed by atoms with Gasteiger partial charge in [0.2, 0.25) is 5.95 Å². The van der Waals surface area contributed by atoms with E-state index in [1.165, 1.54) is 18.6 Å². The first-order chi connectivity index (χ1) is 15.5. The van der Waals surface area contributed by atoms with E-state index in [0.29, 0.717) is 12.5 Å². The second-order valence-corrected chi connectivity index (χ2v) is 8.96. The van der Waals surface area contributed by atoms with E-state index in [0.717, 1.165) is 38.8 Å². The van der Waals surface area contributed by atoms with Gasteiger partial charge in [0.1, 0.15) is 18.3 Å². The largest absolute Gasteiger partial charge is 0.384 e. The van der Waals surface area contributed by atoms with Gasteiger partial charge in [0.15, 0.2) is 5.82 Å². The van der Waals surface area contributed by atoms with E-state index in [9.17, 15) is 8.78 Å². The van der Waals surface area contributed by atoms with Crippen molar-refractivity contribution in [2.45, 2.75) is 62.7 Å². The Morgan fingerprint density at radius 2 is 1.72 bits per heavy atom. The molecular weight excluding hydrogens is 420 g/mol. The van der Waals surface area contributed by atoms with Crippen LogP contribution in [-0.2, 0) is 9.47 Å². The number of nitrogens with two attached hydrogens (primary N) is 1. The molecule has 0 saturated carbocycles. The molecule has 2 aromatic heterocycles. The maximum atomic E-state index is 13.6. The summed E-state index contributed by atoms with van der Waals surface area (Å²) in [7, 11) is 0. The molecule has 0 spiro atoms. The van der Waals surface area contributed by atoms with Crippen LogP contribution in [0.2, 0.25) is 0 Å². The van der Waals surface area contributed by atoms with Crippen molar-refractivity contribution in [2.24, 2.45) is 0 Å². The topological polar surface area (TPSA) is 103 Å². The summed E-state index contributed by atoms with van der Waals surface area (Å²) in [4.78, 5) is 21.8. The zero-order chi connectivity index (χ0) is 21.8. The number of morpholine rings is 2. The van der Waals surface area contributed by atoms with E-state index in [2.05, 4.69) is 29.7 Å². The highest BCUT2D eigenvalue weighted by Crippen LogP contribution is 2.38. The van der Waals surface area contributed by atoms with Crippen molar-refractivity contribution in [2.75, 3.05) is 30.3 Å². The van der Waals surface area contributed by atoms with Crippen molar-refractivity contribution in [1.82, 2.24) is 24.8 Å². The van der Waals surface area contributed by atoms with Crippen molar-refractivity contribution in [1.29, 1.82) is 0 Å². The predicted octanol–water partition coefficient (Wildman–Crippen LogP) is 2.01. The maximum absolute atomic E-state index is 13.6. The second kappa shape index (κ2) is 7.82. The first-order valence-electron chi connectivity index (χ1n) is 11.1. The summed E-state index contributed by atoms with van der Waals surface area (Å²) in [6, 6.07) is 1.17. The summed E-state index contributed by atoms with van der Waals surface area (Å²) in [5, 5.41) is 0. The third-order valence-electron chi connectivity index (χ3n) is 6.89. The Balaban J connectivity index is 1.36. The Morgan fingerprint density at radius 3 is 2.50 bits per heavy atom. The molecule has 4 saturated heterocycles. The number of hydrogen-bond donors (Lipinski definition) is 1. The van der Waals surface area contributed by atoms with E-state index in [1.54, 1.807) is 0 Å². The Kier molecular flexibility index (Phi) is 4.92. The van der Waals surface area contributed by atoms with Crippen molar-refractivity contribution in [3.8, 4) is 11.4 Å². The van der Waals surface area contributed by atoms with Crippen molar-refractivity contribution < 1.29 is 18.3 Å². The van der Waals surface area contributed by atoms with Crippen LogP contribution in [0.4, 0.5) is 20.5 Å². The number of pyridine rings is 1. The zero-order valence-corrected chi connectivity index (χ0v) is 17.5. The minimum absolute atomic E-state index is 0.0184. The molecule has 32 heavy (non-hydrogen) atoms. The fourth-order valence-electron chi connectivity index (χ4n) is 5.52. The number of nitrogen functional groups attached to an aromatic ring is 1. The molecule has 6 heterocycles. The van der Waals surface area contributed by atoms with Gasteiger partial charge in [-0.05, 0) is 31.7 Å². The third kappa shape index (κ3) is 3.48. The van der Waals surface area contributed by atoms with Crippen LogP contribution < -0.4 is 10.6 Å². The van der Waals surface area contributed by atoms with Crippen molar-refractivity contribution in [3.05, 3.63) is 24.2 Å². The molecule has 0 radical (unpaired) electrons. The number of nitrogens with zero attached hydrogens (tertiary/aromatic N) is 6. The quantitative estimate of drug-likeness (QED) is 0.757. The molecule has 4 aliphatic heterocycles. The van der Waals surface area contributed by atoms with Crippen LogP contribution in [0.15, 0.2) is 18.6 Å². The third-order valence-corrected chi connectivity index (χ3v) is 6.89. The van der Waals surface area contributed by atoms with Crippen LogP contribution in [0.5, 0.6) is 0 Å². The van der Waals surface area contributed by atoms with E-state index in [-0.39, 0.29) is 53.4 Å². The summed E-state index contributed by atoms with van der Waals surface area (Å²) >= 11 is 0. The van der Waals surface area contributed by atoms with E-state index >= 15 is 0 Å². The van der Waals surface area contributed by atoms with Crippen molar-refractivity contribution in [3.63, 3.8) is 0 Å². The fraction of sp³-hybridized carbons (Fsp3) is 0.619. The highest BCUT2D eigenvalue weighted by atomic mass is 19.3. The first-order valence-corrected chi connectivity index (χ1v) is 11.1. The SMILES string of the molecule is Nc1cc(C(F)F)c(-c2ncnc(N3CC4CCC(O4)C3N3CC4CCC(C3)O4)n2)cn1. The number of aromatic nitrogens is 4. The van der Waals surface area contributed by atoms with Crippen LogP contribution in [-0.4, -0.2) is 75.1 Å². The lowest BCUT2D eigenvalue weighted by Gasteiger charge is -2.48. The average Bonchev–Trinajstić information content (AvgIpc) is 3.34. The van der Waals surface area contributed by atoms with Gasteiger partial charge in [-0.25, -0.2) is 23.7 Å². The molecular formula is C21H25F2N7O2. The monoisotopic (exact) mass is 445 g/mol. The molecule has 4 fully saturated rings. The molecule has 0 aliphatic carbocycles. The summed E-state index contributed by atoms with van der Waals surface area (Å²) in [5.41, 5.74) is 5.54. The van der Waals surface area contributed by atoms with Crippen LogP contribution in [0.1, 0.15) is 37.7 Å². The molecule has 4 bridgehead atoms. The highest BCUT2D eigenvalue weighted by molar-refractivity contribution is 5.62. The van der Waals surface area contributed by atoms with Crippen LogP contribution >= 0.6 is 0 Å². The standard InChI is InChI=1S/C21H25F2N7O2/c22-18(23)14-5-17(24)25-6-15(14)19-26-10-27-21(28-19)30-9-13-3-4-16(32-13)20(30)29-7-11-1-2-12(8-29)31-11/h5-6,10-13,16,18,20H,1-4,7-9H2,(H2,24,25). The maximum Gasteiger partial charge on any atom is 0.264 e. The average molecular weight is 445 g/mol. The Morgan fingerprint density at radius 1 is 0.969 bits per heavy atom. The second-order valence-electron chi connectivity index (χ2n) is 8.96. The number of alkyl halides is 2. The lowest BCUT2D eigenvalue weighted by atomic mass is 10.1. The van der Waals surface area contributed by atoms with Crippen molar-refractivity contribution >= 4 is 11.8 Å². The lowest BCUT2D eigenvalue weighted by molar-refractivity contribution is -0.0975. The molecule has 5 unspecified atom stereocenters. The van der Waals surface area contributed by atoms with Gasteiger partial charge in [-0.2, -0.15) is 4.98 Å². The zero-order valence-electron chi connectivity index (χ0n) is 17.5. The van der Waals surface area contributed by atoms with Gasteiger partial charge in [0, 0.05) is 37.0 Å². The Hall–Kier alpha value is -2.50. The highest BCUT2D eigenvalue weighted by Gasteiger charge is 2.48. The minimum Gasteiger partial charge on any atom is -0.384 e. The first kappa shape index (κ1) is 20.1. The number of ether oxygens (including phenoxy) is 2. The van der Waals surface area contributed by atoms with Gasteiger partial charge < -0.3 is 20.1 Å². The smallest absolute Gasteiger partial charge is 0.264 e. The van der Waals surface area contributed by atoms with Gasteiger partial charge in [0.25, 0.3) is 6.43 Å². The number of halogens is 2. The van der Waals surface area contributed by atoms with E-state index in [1.807, 2.05) is 0 Å². The van der Waals surface area contributed by atoms with Crippen LogP contribution in [0.25, 0.3) is 11.4 Å². The molecule has 170 valence electrons. The number of fused-ring (bicyclic) bond motifs is 4. The molecule has 5 atom stereocenters.